The van der Waals surface area contributed by atoms with Crippen LogP contribution in [0.2, 0.25) is 5.28 Å². The van der Waals surface area contributed by atoms with Gasteiger partial charge in [0.1, 0.15) is 5.52 Å². The van der Waals surface area contributed by atoms with Crippen LogP contribution in [0.3, 0.4) is 0 Å². The minimum atomic E-state index is 0.276. The van der Waals surface area contributed by atoms with Gasteiger partial charge in [-0.15, -0.1) is 0 Å². The zero-order chi connectivity index (χ0) is 12.5. The van der Waals surface area contributed by atoms with Crippen LogP contribution in [0, 0.1) is 0 Å². The first-order valence-electron chi connectivity index (χ1n) is 5.98. The van der Waals surface area contributed by atoms with Gasteiger partial charge in [-0.1, -0.05) is 0 Å². The molecule has 3 heterocycles. The molecule has 2 aromatic rings. The summed E-state index contributed by atoms with van der Waals surface area (Å²) in [6.07, 6.45) is 2.86. The summed E-state index contributed by atoms with van der Waals surface area (Å²) >= 11 is 5.98. The second kappa shape index (κ2) is 4.66. The summed E-state index contributed by atoms with van der Waals surface area (Å²) < 4.78 is 0. The predicted molar refractivity (Wildman–Crippen MR) is 72.0 cm³/mol. The molecule has 0 radical (unpaired) electrons. The quantitative estimate of drug-likeness (QED) is 0.832. The van der Waals surface area contributed by atoms with Crippen LogP contribution in [0.15, 0.2) is 18.3 Å². The molecule has 0 aliphatic carbocycles. The van der Waals surface area contributed by atoms with Crippen molar-refractivity contribution in [3.8, 4) is 0 Å². The number of pyridine rings is 1. The highest BCUT2D eigenvalue weighted by atomic mass is 35.5. The summed E-state index contributed by atoms with van der Waals surface area (Å²) in [4.78, 5) is 15.1. The molecule has 2 aromatic heterocycles. The van der Waals surface area contributed by atoms with Gasteiger partial charge in [0.15, 0.2) is 5.82 Å². The van der Waals surface area contributed by atoms with Gasteiger partial charge in [-0.3, -0.25) is 4.98 Å². The first-order valence-corrected chi connectivity index (χ1v) is 6.36. The van der Waals surface area contributed by atoms with Crippen LogP contribution >= 0.6 is 11.6 Å². The molecule has 18 heavy (non-hydrogen) atoms. The van der Waals surface area contributed by atoms with Gasteiger partial charge in [0.2, 0.25) is 5.28 Å². The van der Waals surface area contributed by atoms with Crippen molar-refractivity contribution < 1.29 is 0 Å². The van der Waals surface area contributed by atoms with Crippen molar-refractivity contribution >= 4 is 28.5 Å². The van der Waals surface area contributed by atoms with Crippen LogP contribution in [0.1, 0.15) is 6.42 Å². The van der Waals surface area contributed by atoms with Crippen LogP contribution in [-0.4, -0.2) is 41.1 Å². The van der Waals surface area contributed by atoms with Crippen molar-refractivity contribution in [3.63, 3.8) is 0 Å². The third-order valence-corrected chi connectivity index (χ3v) is 3.47. The molecule has 94 valence electrons. The molecule has 1 atom stereocenters. The first kappa shape index (κ1) is 11.6. The highest BCUT2D eigenvalue weighted by Gasteiger charge is 2.24. The molecule has 0 unspecified atom stereocenters. The molecule has 1 aliphatic rings. The van der Waals surface area contributed by atoms with Crippen LogP contribution in [0.4, 0.5) is 5.82 Å². The van der Waals surface area contributed by atoms with Crippen LogP contribution < -0.4 is 10.2 Å². The Bertz CT molecular complexity index is 573. The Kier molecular flexibility index (Phi) is 3.01. The lowest BCUT2D eigenvalue weighted by Crippen LogP contribution is -2.30. The van der Waals surface area contributed by atoms with E-state index in [9.17, 15) is 0 Å². The minimum absolute atomic E-state index is 0.276. The van der Waals surface area contributed by atoms with Crippen molar-refractivity contribution in [2.45, 2.75) is 12.5 Å². The van der Waals surface area contributed by atoms with Gasteiger partial charge in [-0.05, 0) is 37.2 Å². The molecular weight excluding hydrogens is 250 g/mol. The van der Waals surface area contributed by atoms with Gasteiger partial charge in [0.05, 0.1) is 5.52 Å². The monoisotopic (exact) mass is 263 g/mol. The van der Waals surface area contributed by atoms with Crippen LogP contribution in [-0.2, 0) is 0 Å². The Labute approximate surface area is 110 Å². The second-order valence-electron chi connectivity index (χ2n) is 4.41. The number of hydrogen-bond donors (Lipinski definition) is 1. The predicted octanol–water partition coefficient (Wildman–Crippen LogP) is 1.48. The molecule has 5 nitrogen and oxygen atoms in total. The lowest BCUT2D eigenvalue weighted by atomic mass is 10.3. The average molecular weight is 264 g/mol. The number of fused-ring (bicyclic) bond motifs is 1. The average Bonchev–Trinajstić information content (AvgIpc) is 2.86. The molecular formula is C12H14ClN5. The number of rotatable bonds is 2. The Morgan fingerprint density at radius 2 is 2.33 bits per heavy atom. The lowest BCUT2D eigenvalue weighted by Gasteiger charge is -2.18. The molecule has 0 spiro atoms. The molecule has 1 aliphatic heterocycles. The second-order valence-corrected chi connectivity index (χ2v) is 4.75. The zero-order valence-electron chi connectivity index (χ0n) is 10.1. The Hall–Kier alpha value is -1.46. The molecule has 0 saturated carbocycles. The molecule has 0 aromatic carbocycles. The third-order valence-electron chi connectivity index (χ3n) is 3.31. The van der Waals surface area contributed by atoms with Crippen molar-refractivity contribution in [1.29, 1.82) is 0 Å². The number of anilines is 1. The van der Waals surface area contributed by atoms with Gasteiger partial charge in [0.25, 0.3) is 0 Å². The van der Waals surface area contributed by atoms with Gasteiger partial charge >= 0.3 is 0 Å². The smallest absolute Gasteiger partial charge is 0.225 e. The summed E-state index contributed by atoms with van der Waals surface area (Å²) in [7, 11) is 1.98. The number of nitrogens with zero attached hydrogens (tertiary/aromatic N) is 4. The van der Waals surface area contributed by atoms with E-state index in [1.807, 2.05) is 19.2 Å². The largest absolute Gasteiger partial charge is 0.353 e. The third kappa shape index (κ3) is 2.00. The zero-order valence-corrected chi connectivity index (χ0v) is 10.9. The van der Waals surface area contributed by atoms with E-state index in [2.05, 4.69) is 25.2 Å². The Morgan fingerprint density at radius 1 is 1.44 bits per heavy atom. The molecule has 3 rings (SSSR count). The first-order chi connectivity index (χ1) is 8.78. The normalized spacial score (nSPS) is 19.7. The van der Waals surface area contributed by atoms with Gasteiger partial charge in [0, 0.05) is 25.3 Å². The van der Waals surface area contributed by atoms with E-state index in [0.717, 1.165) is 36.4 Å². The summed E-state index contributed by atoms with van der Waals surface area (Å²) in [5, 5.41) is 3.56. The number of likely N-dealkylation sites (N-methyl/N-ethyl adjacent to an activating group) is 1. The SMILES string of the molecule is CN[C@H]1CCN(c2nc(Cl)nc3cccnc23)C1. The maximum absolute atomic E-state index is 5.98. The van der Waals surface area contributed by atoms with Gasteiger partial charge < -0.3 is 10.2 Å². The fourth-order valence-corrected chi connectivity index (χ4v) is 2.50. The molecule has 1 saturated heterocycles. The topological polar surface area (TPSA) is 53.9 Å². The Morgan fingerprint density at radius 3 is 3.11 bits per heavy atom. The number of aromatic nitrogens is 3. The summed E-state index contributed by atoms with van der Waals surface area (Å²) in [6, 6.07) is 4.26. The highest BCUT2D eigenvalue weighted by molar-refractivity contribution is 6.28. The minimum Gasteiger partial charge on any atom is -0.353 e. The standard InChI is InChI=1S/C12H14ClN5/c1-14-8-4-6-18(7-8)11-10-9(3-2-5-15-10)16-12(13)17-11/h2-3,5,8,14H,4,6-7H2,1H3/t8-/m0/s1. The van der Waals surface area contributed by atoms with E-state index in [-0.39, 0.29) is 5.28 Å². The number of halogens is 1. The van der Waals surface area contributed by atoms with E-state index >= 15 is 0 Å². The maximum Gasteiger partial charge on any atom is 0.225 e. The van der Waals surface area contributed by atoms with E-state index in [1.54, 1.807) is 6.20 Å². The molecule has 0 bridgehead atoms. The number of hydrogen-bond acceptors (Lipinski definition) is 5. The molecule has 1 fully saturated rings. The highest BCUT2D eigenvalue weighted by Crippen LogP contribution is 2.26. The van der Waals surface area contributed by atoms with Crippen molar-refractivity contribution in [3.05, 3.63) is 23.6 Å². The molecule has 6 heteroatoms. The van der Waals surface area contributed by atoms with Crippen LogP contribution in [0.25, 0.3) is 11.0 Å². The molecule has 0 amide bonds. The van der Waals surface area contributed by atoms with Crippen molar-refractivity contribution in [2.24, 2.45) is 0 Å². The van der Waals surface area contributed by atoms with Crippen molar-refractivity contribution in [1.82, 2.24) is 20.3 Å². The molecule has 1 N–H and O–H groups in total. The lowest BCUT2D eigenvalue weighted by molar-refractivity contribution is 0.616. The van der Waals surface area contributed by atoms with Crippen molar-refractivity contribution in [2.75, 3.05) is 25.0 Å². The summed E-state index contributed by atoms with van der Waals surface area (Å²) in [6.45, 7) is 1.89. The van der Waals surface area contributed by atoms with E-state index < -0.39 is 0 Å². The fourth-order valence-electron chi connectivity index (χ4n) is 2.33. The van der Waals surface area contributed by atoms with Gasteiger partial charge in [-0.25, -0.2) is 4.98 Å². The van der Waals surface area contributed by atoms with E-state index in [1.165, 1.54) is 0 Å². The van der Waals surface area contributed by atoms with Gasteiger partial charge in [-0.2, -0.15) is 4.98 Å². The summed E-state index contributed by atoms with van der Waals surface area (Å²) in [5.74, 6) is 0.836. The van der Waals surface area contributed by atoms with E-state index in [0.29, 0.717) is 6.04 Å². The number of nitrogens with one attached hydrogen (secondary N) is 1. The summed E-state index contributed by atoms with van der Waals surface area (Å²) in [5.41, 5.74) is 1.61. The van der Waals surface area contributed by atoms with E-state index in [4.69, 9.17) is 11.6 Å². The van der Waals surface area contributed by atoms with Crippen LogP contribution in [0.5, 0.6) is 0 Å². The fraction of sp³-hybridized carbons (Fsp3) is 0.417. The maximum atomic E-state index is 5.98. The Balaban J connectivity index is 2.06.